The van der Waals surface area contributed by atoms with Crippen LogP contribution in [-0.2, 0) is 0 Å². The zero-order chi connectivity index (χ0) is 14.5. The lowest BCUT2D eigenvalue weighted by molar-refractivity contribution is -0.384. The molecule has 1 aromatic carbocycles. The molecule has 2 aliphatic rings. The van der Waals surface area contributed by atoms with Crippen LogP contribution in [-0.4, -0.2) is 30.1 Å². The summed E-state index contributed by atoms with van der Waals surface area (Å²) >= 11 is 0. The molecule has 0 saturated carbocycles. The Morgan fingerprint density at radius 1 is 1.45 bits per heavy atom. The largest absolute Gasteiger partial charge is 0.360 e. The number of hydrogen-bond acceptors (Lipinski definition) is 4. The third-order valence-electron chi connectivity index (χ3n) is 4.78. The van der Waals surface area contributed by atoms with Crippen molar-refractivity contribution in [3.05, 3.63) is 34.1 Å². The first-order valence-electron chi connectivity index (χ1n) is 6.83. The molecular weight excluding hydrogens is 261 g/mol. The lowest BCUT2D eigenvalue weighted by atomic mass is 9.84. The Morgan fingerprint density at radius 3 is 2.85 bits per heavy atom. The van der Waals surface area contributed by atoms with Crippen LogP contribution in [0.1, 0.15) is 13.8 Å². The van der Waals surface area contributed by atoms with Crippen molar-refractivity contribution in [2.75, 3.05) is 24.5 Å². The highest BCUT2D eigenvalue weighted by atomic mass is 19.1. The number of nitro groups is 1. The van der Waals surface area contributed by atoms with Gasteiger partial charge in [0.2, 0.25) is 0 Å². The lowest BCUT2D eigenvalue weighted by Gasteiger charge is -2.37. The monoisotopic (exact) mass is 279 g/mol. The van der Waals surface area contributed by atoms with Crippen LogP contribution >= 0.6 is 0 Å². The van der Waals surface area contributed by atoms with Gasteiger partial charge >= 0.3 is 0 Å². The van der Waals surface area contributed by atoms with E-state index >= 15 is 0 Å². The second kappa shape index (κ2) is 4.41. The Bertz CT molecular complexity index is 561. The fraction of sp³-hybridized carbons (Fsp3) is 0.571. The molecule has 5 nitrogen and oxygen atoms in total. The SMILES string of the molecule is CC1(C)C2CNCC2CN1c1ccc(F)cc1[N+](=O)[O-]. The predicted molar refractivity (Wildman–Crippen MR) is 74.3 cm³/mol. The van der Waals surface area contributed by atoms with Crippen LogP contribution < -0.4 is 10.2 Å². The molecule has 2 atom stereocenters. The van der Waals surface area contributed by atoms with E-state index in [1.54, 1.807) is 0 Å². The maximum atomic E-state index is 13.3. The highest BCUT2D eigenvalue weighted by Gasteiger charge is 2.50. The molecule has 2 fully saturated rings. The Balaban J connectivity index is 2.04. The normalized spacial score (nSPS) is 27.6. The Labute approximate surface area is 116 Å². The van der Waals surface area contributed by atoms with Gasteiger partial charge in [0.05, 0.1) is 11.0 Å². The molecule has 0 amide bonds. The van der Waals surface area contributed by atoms with Gasteiger partial charge in [-0.2, -0.15) is 0 Å². The summed E-state index contributed by atoms with van der Waals surface area (Å²) in [5, 5.41) is 14.6. The molecule has 0 radical (unpaired) electrons. The molecular formula is C14H18FN3O2. The zero-order valence-electron chi connectivity index (χ0n) is 11.6. The summed E-state index contributed by atoms with van der Waals surface area (Å²) in [6.45, 7) is 6.87. The molecule has 2 saturated heterocycles. The van der Waals surface area contributed by atoms with Gasteiger partial charge in [0.25, 0.3) is 5.69 Å². The minimum atomic E-state index is -0.570. The molecule has 2 unspecified atom stereocenters. The van der Waals surface area contributed by atoms with E-state index in [4.69, 9.17) is 0 Å². The standard InChI is InChI=1S/C14H18FN3O2/c1-14(2)11-7-16-6-9(11)8-17(14)12-4-3-10(15)5-13(12)18(19)20/h3-5,9,11,16H,6-8H2,1-2H3. The Hall–Kier alpha value is -1.69. The quantitative estimate of drug-likeness (QED) is 0.666. The van der Waals surface area contributed by atoms with Crippen molar-refractivity contribution < 1.29 is 9.31 Å². The van der Waals surface area contributed by atoms with Crippen LogP contribution in [0.3, 0.4) is 0 Å². The fourth-order valence-corrected chi connectivity index (χ4v) is 3.70. The van der Waals surface area contributed by atoms with E-state index in [1.165, 1.54) is 12.1 Å². The number of nitrogens with zero attached hydrogens (tertiary/aromatic N) is 2. The summed E-state index contributed by atoms with van der Waals surface area (Å²) in [6, 6.07) is 3.84. The van der Waals surface area contributed by atoms with Crippen LogP contribution in [0.25, 0.3) is 0 Å². The highest BCUT2D eigenvalue weighted by Crippen LogP contribution is 2.45. The topological polar surface area (TPSA) is 58.4 Å². The molecule has 0 spiro atoms. The smallest absolute Gasteiger partial charge is 0.295 e. The van der Waals surface area contributed by atoms with Gasteiger partial charge in [0, 0.05) is 25.2 Å². The van der Waals surface area contributed by atoms with Gasteiger partial charge in [0.1, 0.15) is 11.5 Å². The van der Waals surface area contributed by atoms with Crippen LogP contribution in [0.2, 0.25) is 0 Å². The van der Waals surface area contributed by atoms with E-state index in [1.807, 2.05) is 0 Å². The van der Waals surface area contributed by atoms with Gasteiger partial charge in [-0.15, -0.1) is 0 Å². The summed E-state index contributed by atoms with van der Waals surface area (Å²) < 4.78 is 13.3. The van der Waals surface area contributed by atoms with Crippen LogP contribution in [0, 0.1) is 27.8 Å². The molecule has 3 rings (SSSR count). The van der Waals surface area contributed by atoms with E-state index in [2.05, 4.69) is 24.1 Å². The molecule has 6 heteroatoms. The zero-order valence-corrected chi connectivity index (χ0v) is 11.6. The van der Waals surface area contributed by atoms with Crippen LogP contribution in [0.5, 0.6) is 0 Å². The number of anilines is 1. The lowest BCUT2D eigenvalue weighted by Crippen LogP contribution is -2.44. The van der Waals surface area contributed by atoms with Gasteiger partial charge in [-0.25, -0.2) is 4.39 Å². The van der Waals surface area contributed by atoms with Crippen molar-refractivity contribution in [2.45, 2.75) is 19.4 Å². The molecule has 2 heterocycles. The summed E-state index contributed by atoms with van der Waals surface area (Å²) in [5.74, 6) is 0.390. The van der Waals surface area contributed by atoms with Gasteiger partial charge < -0.3 is 10.2 Å². The molecule has 0 aromatic heterocycles. The van der Waals surface area contributed by atoms with Crippen molar-refractivity contribution in [3.8, 4) is 0 Å². The van der Waals surface area contributed by atoms with Gasteiger partial charge in [-0.1, -0.05) is 0 Å². The summed E-state index contributed by atoms with van der Waals surface area (Å²) in [5.41, 5.74) is 0.207. The van der Waals surface area contributed by atoms with Gasteiger partial charge in [-0.05, 0) is 37.8 Å². The third-order valence-corrected chi connectivity index (χ3v) is 4.78. The minimum Gasteiger partial charge on any atom is -0.360 e. The number of halogens is 1. The number of rotatable bonds is 2. The Morgan fingerprint density at radius 2 is 2.20 bits per heavy atom. The minimum absolute atomic E-state index is 0.147. The maximum absolute atomic E-state index is 13.3. The molecule has 0 bridgehead atoms. The van der Waals surface area contributed by atoms with E-state index in [0.717, 1.165) is 25.7 Å². The molecule has 2 aliphatic heterocycles. The second-order valence-corrected chi connectivity index (χ2v) is 6.18. The maximum Gasteiger partial charge on any atom is 0.295 e. The molecule has 1 aromatic rings. The first kappa shape index (κ1) is 13.3. The number of nitrogens with one attached hydrogen (secondary N) is 1. The van der Waals surface area contributed by atoms with Crippen molar-refractivity contribution in [1.29, 1.82) is 0 Å². The summed E-state index contributed by atoms with van der Waals surface area (Å²) in [4.78, 5) is 12.8. The number of hydrogen-bond donors (Lipinski definition) is 1. The van der Waals surface area contributed by atoms with Crippen LogP contribution in [0.4, 0.5) is 15.8 Å². The van der Waals surface area contributed by atoms with Crippen molar-refractivity contribution in [3.63, 3.8) is 0 Å². The molecule has 108 valence electrons. The fourth-order valence-electron chi connectivity index (χ4n) is 3.70. The first-order valence-corrected chi connectivity index (χ1v) is 6.83. The average molecular weight is 279 g/mol. The van der Waals surface area contributed by atoms with Crippen molar-refractivity contribution in [2.24, 2.45) is 11.8 Å². The van der Waals surface area contributed by atoms with Crippen molar-refractivity contribution >= 4 is 11.4 Å². The number of fused-ring (bicyclic) bond motifs is 1. The van der Waals surface area contributed by atoms with E-state index in [9.17, 15) is 14.5 Å². The molecule has 20 heavy (non-hydrogen) atoms. The van der Waals surface area contributed by atoms with Gasteiger partial charge in [0.15, 0.2) is 0 Å². The van der Waals surface area contributed by atoms with E-state index in [0.29, 0.717) is 17.5 Å². The molecule has 0 aliphatic carbocycles. The predicted octanol–water partition coefficient (Wildman–Crippen LogP) is 2.17. The van der Waals surface area contributed by atoms with E-state index in [-0.39, 0.29) is 11.2 Å². The summed E-state index contributed by atoms with van der Waals surface area (Å²) in [7, 11) is 0. The summed E-state index contributed by atoms with van der Waals surface area (Å²) in [6.07, 6.45) is 0. The van der Waals surface area contributed by atoms with E-state index < -0.39 is 10.7 Å². The Kier molecular flexibility index (Phi) is 2.93. The molecule has 1 N–H and O–H groups in total. The first-order chi connectivity index (χ1) is 9.41. The highest BCUT2D eigenvalue weighted by molar-refractivity contribution is 5.65. The average Bonchev–Trinajstić information content (AvgIpc) is 2.92. The number of nitro benzene ring substituents is 1. The second-order valence-electron chi connectivity index (χ2n) is 6.18. The van der Waals surface area contributed by atoms with Gasteiger partial charge in [-0.3, -0.25) is 10.1 Å². The third kappa shape index (κ3) is 1.86. The number of benzene rings is 1. The van der Waals surface area contributed by atoms with Crippen molar-refractivity contribution in [1.82, 2.24) is 5.32 Å². The van der Waals surface area contributed by atoms with Crippen LogP contribution in [0.15, 0.2) is 18.2 Å².